The molecular formula is C31H30F3N6O3+. The number of likely N-dealkylation sites (N-methyl/N-ethyl adjacent to an activating group) is 1. The van der Waals surface area contributed by atoms with Crippen LogP contribution in [0, 0.1) is 24.1 Å². The summed E-state index contributed by atoms with van der Waals surface area (Å²) in [6, 6.07) is 9.52. The van der Waals surface area contributed by atoms with Gasteiger partial charge in [-0.1, -0.05) is 24.3 Å². The minimum atomic E-state index is -2.89. The SMILES string of the molecule is Cc1ccccc1[C@@H](C(=O)[N+](C)(C)C1CC(F)(F)C1)N(C(=O)[C@@H]1CCC(=O)N1c1cc(C#N)ccn1)c1cncc(F)c1. The molecule has 1 aliphatic carbocycles. The highest BCUT2D eigenvalue weighted by Crippen LogP contribution is 2.44. The number of quaternary nitrogens is 1. The third-order valence-electron chi connectivity index (χ3n) is 8.35. The summed E-state index contributed by atoms with van der Waals surface area (Å²) in [4.78, 5) is 52.8. The van der Waals surface area contributed by atoms with Crippen molar-refractivity contribution >= 4 is 29.2 Å². The van der Waals surface area contributed by atoms with Gasteiger partial charge in [-0.3, -0.25) is 28.9 Å². The molecule has 0 bridgehead atoms. The molecule has 5 rings (SSSR count). The van der Waals surface area contributed by atoms with E-state index in [1.165, 1.54) is 43.5 Å². The van der Waals surface area contributed by atoms with E-state index in [-0.39, 0.29) is 29.9 Å². The van der Waals surface area contributed by atoms with Gasteiger partial charge in [0.1, 0.15) is 23.7 Å². The summed E-state index contributed by atoms with van der Waals surface area (Å²) in [5, 5.41) is 9.39. The van der Waals surface area contributed by atoms with Crippen molar-refractivity contribution in [1.82, 2.24) is 9.97 Å². The number of rotatable bonds is 7. The van der Waals surface area contributed by atoms with Gasteiger partial charge >= 0.3 is 5.91 Å². The molecule has 0 unspecified atom stereocenters. The first-order valence-corrected chi connectivity index (χ1v) is 13.8. The number of nitriles is 1. The fourth-order valence-electron chi connectivity index (χ4n) is 5.78. The second kappa shape index (κ2) is 11.2. The molecule has 1 aliphatic heterocycles. The normalized spacial score (nSPS) is 19.0. The molecule has 2 aromatic heterocycles. The Morgan fingerprint density at radius 3 is 2.53 bits per heavy atom. The van der Waals surface area contributed by atoms with Crippen LogP contribution in [-0.2, 0) is 14.4 Å². The van der Waals surface area contributed by atoms with Crippen molar-refractivity contribution in [3.05, 3.63) is 83.6 Å². The third kappa shape index (κ3) is 5.60. The number of carbonyl (C=O) groups is 3. The molecule has 0 N–H and O–H groups in total. The van der Waals surface area contributed by atoms with Crippen molar-refractivity contribution in [3.63, 3.8) is 0 Å². The maximum atomic E-state index is 14.7. The summed E-state index contributed by atoms with van der Waals surface area (Å²) in [5.74, 6) is -5.25. The highest BCUT2D eigenvalue weighted by Gasteiger charge is 2.58. The summed E-state index contributed by atoms with van der Waals surface area (Å²) in [5.41, 5.74) is 1.25. The number of amides is 3. The van der Waals surface area contributed by atoms with E-state index in [0.717, 1.165) is 17.2 Å². The van der Waals surface area contributed by atoms with Gasteiger partial charge < -0.3 is 0 Å². The molecule has 2 aliphatic rings. The second-order valence-electron chi connectivity index (χ2n) is 11.5. The molecule has 0 spiro atoms. The maximum Gasteiger partial charge on any atom is 0.341 e. The highest BCUT2D eigenvalue weighted by atomic mass is 19.3. The van der Waals surface area contributed by atoms with Gasteiger partial charge in [-0.15, -0.1) is 0 Å². The lowest BCUT2D eigenvalue weighted by Gasteiger charge is -2.47. The van der Waals surface area contributed by atoms with Gasteiger partial charge in [0.2, 0.25) is 5.91 Å². The van der Waals surface area contributed by atoms with E-state index in [9.17, 15) is 32.8 Å². The lowest BCUT2D eigenvalue weighted by atomic mass is 9.84. The number of aryl methyl sites for hydroxylation is 1. The first-order chi connectivity index (χ1) is 20.3. The number of carbonyl (C=O) groups excluding carboxylic acids is 3. The van der Waals surface area contributed by atoms with Crippen molar-refractivity contribution < 1.29 is 32.0 Å². The molecule has 1 aromatic carbocycles. The Labute approximate surface area is 246 Å². The van der Waals surface area contributed by atoms with E-state index in [1.54, 1.807) is 31.2 Å². The van der Waals surface area contributed by atoms with E-state index < -0.39 is 64.9 Å². The lowest BCUT2D eigenvalue weighted by molar-refractivity contribution is -0.852. The van der Waals surface area contributed by atoms with Gasteiger partial charge in [0, 0.05) is 18.7 Å². The fourth-order valence-corrected chi connectivity index (χ4v) is 5.78. The summed E-state index contributed by atoms with van der Waals surface area (Å²) in [6.45, 7) is 1.75. The third-order valence-corrected chi connectivity index (χ3v) is 8.35. The van der Waals surface area contributed by atoms with Gasteiger partial charge in [-0.25, -0.2) is 22.9 Å². The summed E-state index contributed by atoms with van der Waals surface area (Å²) in [6.07, 6.45) is 2.62. The summed E-state index contributed by atoms with van der Waals surface area (Å²) >= 11 is 0. The first-order valence-electron chi connectivity index (χ1n) is 13.8. The number of hydrogen-bond donors (Lipinski definition) is 0. The van der Waals surface area contributed by atoms with E-state index in [2.05, 4.69) is 9.97 Å². The molecule has 222 valence electrons. The van der Waals surface area contributed by atoms with Crippen LogP contribution in [0.4, 0.5) is 24.7 Å². The Hall–Kier alpha value is -4.63. The zero-order valence-electron chi connectivity index (χ0n) is 23.9. The van der Waals surface area contributed by atoms with Crippen molar-refractivity contribution in [3.8, 4) is 6.07 Å². The Balaban J connectivity index is 1.66. The molecule has 1 saturated heterocycles. The van der Waals surface area contributed by atoms with Gasteiger partial charge in [0.25, 0.3) is 11.8 Å². The Morgan fingerprint density at radius 1 is 1.16 bits per heavy atom. The molecule has 2 atom stereocenters. The quantitative estimate of drug-likeness (QED) is 0.376. The number of pyridine rings is 2. The van der Waals surface area contributed by atoms with Crippen LogP contribution in [0.1, 0.15) is 48.4 Å². The van der Waals surface area contributed by atoms with Gasteiger partial charge in [0.05, 0.1) is 56.7 Å². The molecular weight excluding hydrogens is 561 g/mol. The van der Waals surface area contributed by atoms with Crippen molar-refractivity contribution in [2.75, 3.05) is 23.9 Å². The number of benzene rings is 1. The number of halogens is 3. The second-order valence-corrected chi connectivity index (χ2v) is 11.5. The maximum absolute atomic E-state index is 14.7. The van der Waals surface area contributed by atoms with Crippen LogP contribution in [0.25, 0.3) is 0 Å². The van der Waals surface area contributed by atoms with E-state index >= 15 is 0 Å². The molecule has 0 radical (unpaired) electrons. The standard InChI is InChI=1S/C31H30F3N6O3/c1-19-6-4-5-7-24(19)28(30(43)40(2,3)23-14-31(33,34)15-23)38(22-13-21(32)17-36-18-22)29(42)25-8-9-27(41)39(25)26-12-20(16-35)10-11-37-26/h4-7,10-13,17-18,23,25,28H,8-9,14-15H2,1-3H3/q+1/t25-,28-/m0/s1. The van der Waals surface area contributed by atoms with Gasteiger partial charge in [0.15, 0.2) is 6.04 Å². The lowest BCUT2D eigenvalue weighted by Crippen LogP contribution is -2.65. The fraction of sp³-hybridized carbons (Fsp3) is 0.355. The van der Waals surface area contributed by atoms with Crippen LogP contribution in [0.15, 0.2) is 61.1 Å². The monoisotopic (exact) mass is 591 g/mol. The predicted octanol–water partition coefficient (Wildman–Crippen LogP) is 4.47. The largest absolute Gasteiger partial charge is 0.341 e. The molecule has 3 heterocycles. The molecule has 43 heavy (non-hydrogen) atoms. The van der Waals surface area contributed by atoms with E-state index in [1.807, 2.05) is 6.07 Å². The van der Waals surface area contributed by atoms with Crippen molar-refractivity contribution in [2.24, 2.45) is 0 Å². The molecule has 1 saturated carbocycles. The predicted molar refractivity (Wildman–Crippen MR) is 150 cm³/mol. The molecule has 3 aromatic rings. The van der Waals surface area contributed by atoms with Crippen LogP contribution in [-0.4, -0.2) is 64.3 Å². The minimum Gasteiger partial charge on any atom is -0.288 e. The number of nitrogens with zero attached hydrogens (tertiary/aromatic N) is 6. The average Bonchev–Trinajstić information content (AvgIpc) is 3.35. The van der Waals surface area contributed by atoms with E-state index in [0.29, 0.717) is 11.1 Å². The molecule has 12 heteroatoms. The zero-order chi connectivity index (χ0) is 31.1. The Bertz CT molecular complexity index is 1630. The smallest absolute Gasteiger partial charge is 0.288 e. The average molecular weight is 592 g/mol. The Morgan fingerprint density at radius 2 is 1.88 bits per heavy atom. The number of anilines is 2. The minimum absolute atomic E-state index is 0.00814. The molecule has 9 nitrogen and oxygen atoms in total. The van der Waals surface area contributed by atoms with Crippen LogP contribution in [0.3, 0.4) is 0 Å². The van der Waals surface area contributed by atoms with Crippen molar-refractivity contribution in [1.29, 1.82) is 5.26 Å². The molecule has 2 fully saturated rings. The summed E-state index contributed by atoms with van der Waals surface area (Å²) < 4.78 is 42.1. The topological polar surface area (TPSA) is 107 Å². The zero-order valence-corrected chi connectivity index (χ0v) is 23.9. The number of aromatic nitrogens is 2. The summed E-state index contributed by atoms with van der Waals surface area (Å²) in [7, 11) is 3.06. The van der Waals surface area contributed by atoms with Crippen LogP contribution >= 0.6 is 0 Å². The van der Waals surface area contributed by atoms with Crippen LogP contribution < -0.4 is 9.80 Å². The Kier molecular flexibility index (Phi) is 7.79. The van der Waals surface area contributed by atoms with E-state index in [4.69, 9.17) is 0 Å². The van der Waals surface area contributed by atoms with Gasteiger partial charge in [-0.05, 0) is 36.6 Å². The highest BCUT2D eigenvalue weighted by molar-refractivity contribution is 6.10. The van der Waals surface area contributed by atoms with Crippen LogP contribution in [0.2, 0.25) is 0 Å². The number of alkyl halides is 2. The molecule has 3 amide bonds. The van der Waals surface area contributed by atoms with Crippen LogP contribution in [0.5, 0.6) is 0 Å². The first kappa shape index (κ1) is 29.8. The van der Waals surface area contributed by atoms with Crippen molar-refractivity contribution in [2.45, 2.75) is 56.7 Å². The van der Waals surface area contributed by atoms with Gasteiger partial charge in [-0.2, -0.15) is 5.26 Å². The number of hydrogen-bond acceptors (Lipinski definition) is 6.